The van der Waals surface area contributed by atoms with Crippen LogP contribution in [0.4, 0.5) is 0 Å². The number of fused-ring (bicyclic) bond motifs is 6. The Morgan fingerprint density at radius 1 is 0.347 bits per heavy atom. The van der Waals surface area contributed by atoms with E-state index in [9.17, 15) is 12.3 Å². The van der Waals surface area contributed by atoms with E-state index in [-0.39, 0.29) is 22.1 Å². The van der Waals surface area contributed by atoms with E-state index in [0.717, 1.165) is 0 Å². The van der Waals surface area contributed by atoms with Crippen LogP contribution in [0.15, 0.2) is 186 Å². The first-order chi connectivity index (χ1) is 35.5. The average molecular weight is 650 g/mol. The van der Waals surface area contributed by atoms with Gasteiger partial charge in [0.25, 0.3) is 0 Å². The lowest BCUT2D eigenvalue weighted by Crippen LogP contribution is -1.92. The number of hydrogen-bond acceptors (Lipinski definition) is 1. The van der Waals surface area contributed by atoms with E-state index >= 15 is 0 Å². The van der Waals surface area contributed by atoms with E-state index in [1.807, 2.05) is 0 Å². The molecule has 0 bridgehead atoms. The van der Waals surface area contributed by atoms with Crippen molar-refractivity contribution in [3.05, 3.63) is 181 Å². The first-order valence-corrected chi connectivity index (χ1v) is 14.6. The highest BCUT2D eigenvalue weighted by Gasteiger charge is 2.25. The van der Waals surface area contributed by atoms with Gasteiger partial charge in [-0.05, 0) is 77.5 Å². The monoisotopic (exact) mass is 649 g/mol. The van der Waals surface area contributed by atoms with E-state index < -0.39 is 240 Å². The molecule has 49 heavy (non-hydrogen) atoms. The van der Waals surface area contributed by atoms with Crippen molar-refractivity contribution in [1.82, 2.24) is 0 Å². The molecule has 0 aliphatic carbocycles. The summed E-state index contributed by atoms with van der Waals surface area (Å²) < 4.78 is 248. The summed E-state index contributed by atoms with van der Waals surface area (Å²) in [7, 11) is 0. The minimum absolute atomic E-state index is 0.0957. The standard InChI is InChI=1S/C48H30O/c1-3-14-31(15-4-1)34-27-29-43-44(30-34)49-48(42-25-13-24-36-35-19-8-7-16-32(35)26-28-37(36)42)47(43)46-40-22-11-9-20-38(40)45(33-17-5-2-6-18-33)39-21-10-12-23-41(39)46/h1-30H/i1D,2D,3D,4D,5D,6D,7D,8D,9D,10D,11D,12D,13D,14D,15D,16D,17D,18D,19D,20D,21D,22D,23D,24D,25D,26D,28D. The molecule has 0 saturated heterocycles. The molecule has 1 heteroatoms. The quantitative estimate of drug-likeness (QED) is 0.137. The lowest BCUT2D eigenvalue weighted by atomic mass is 9.84. The predicted molar refractivity (Wildman–Crippen MR) is 208 cm³/mol. The van der Waals surface area contributed by atoms with Gasteiger partial charge in [-0.1, -0.05) is 169 Å². The van der Waals surface area contributed by atoms with Crippen molar-refractivity contribution in [2.24, 2.45) is 0 Å². The van der Waals surface area contributed by atoms with Crippen LogP contribution >= 0.6 is 0 Å². The molecule has 0 unspecified atom stereocenters. The topological polar surface area (TPSA) is 13.1 Å². The molecule has 0 atom stereocenters. The number of rotatable bonds is 4. The molecule has 0 aliphatic heterocycles. The maximum absolute atomic E-state index is 9.63. The maximum atomic E-state index is 9.63. The minimum Gasteiger partial charge on any atom is -0.455 e. The highest BCUT2D eigenvalue weighted by Crippen LogP contribution is 2.51. The lowest BCUT2D eigenvalue weighted by Gasteiger charge is -2.18. The van der Waals surface area contributed by atoms with Crippen molar-refractivity contribution < 1.29 is 41.4 Å². The van der Waals surface area contributed by atoms with Crippen LogP contribution in [0.5, 0.6) is 0 Å². The van der Waals surface area contributed by atoms with Crippen molar-refractivity contribution in [1.29, 1.82) is 0 Å². The van der Waals surface area contributed by atoms with Gasteiger partial charge in [0.15, 0.2) is 0 Å². The van der Waals surface area contributed by atoms with Crippen LogP contribution in [0, 0.1) is 0 Å². The fourth-order valence-corrected chi connectivity index (χ4v) is 6.18. The van der Waals surface area contributed by atoms with Gasteiger partial charge in [0.1, 0.15) is 11.3 Å². The molecule has 9 aromatic carbocycles. The third-order valence-electron chi connectivity index (χ3n) is 8.21. The summed E-state index contributed by atoms with van der Waals surface area (Å²) in [5.74, 6) is -0.678. The van der Waals surface area contributed by atoms with Crippen LogP contribution in [-0.4, -0.2) is 0 Å². The molecule has 1 heterocycles. The van der Waals surface area contributed by atoms with Crippen molar-refractivity contribution in [3.8, 4) is 44.7 Å². The molecule has 0 saturated carbocycles. The molecular formula is C48H30O. The van der Waals surface area contributed by atoms with Crippen molar-refractivity contribution >= 4 is 54.1 Å². The summed E-state index contributed by atoms with van der Waals surface area (Å²) in [6.07, 6.45) is 0. The normalized spacial score (nSPS) is 19.4. The van der Waals surface area contributed by atoms with Crippen molar-refractivity contribution in [3.63, 3.8) is 0 Å². The van der Waals surface area contributed by atoms with E-state index in [4.69, 9.17) is 29.1 Å². The van der Waals surface area contributed by atoms with Gasteiger partial charge in [-0.3, -0.25) is 0 Å². The second kappa shape index (κ2) is 11.1. The van der Waals surface area contributed by atoms with Crippen LogP contribution in [0.3, 0.4) is 0 Å². The largest absolute Gasteiger partial charge is 0.455 e. The molecule has 0 radical (unpaired) electrons. The van der Waals surface area contributed by atoms with Crippen LogP contribution < -0.4 is 0 Å². The van der Waals surface area contributed by atoms with Gasteiger partial charge in [0.2, 0.25) is 0 Å². The lowest BCUT2D eigenvalue weighted by molar-refractivity contribution is 0.633. The zero-order valence-electron chi connectivity index (χ0n) is 51.6. The predicted octanol–water partition coefficient (Wildman–Crippen LogP) is 13.7. The van der Waals surface area contributed by atoms with Gasteiger partial charge in [0.05, 0.1) is 37.0 Å². The number of furan rings is 1. The first-order valence-electron chi connectivity index (χ1n) is 28.1. The molecule has 228 valence electrons. The zero-order chi connectivity index (χ0) is 55.8. The van der Waals surface area contributed by atoms with Gasteiger partial charge >= 0.3 is 0 Å². The van der Waals surface area contributed by atoms with E-state index in [1.54, 1.807) is 0 Å². The van der Waals surface area contributed by atoms with Gasteiger partial charge in [-0.25, -0.2) is 0 Å². The molecule has 10 rings (SSSR count). The molecule has 1 nitrogen and oxygen atoms in total. The molecule has 0 spiro atoms. The average Bonchev–Trinajstić information content (AvgIpc) is 3.91. The Labute approximate surface area is 322 Å². The van der Waals surface area contributed by atoms with Crippen molar-refractivity contribution in [2.45, 2.75) is 0 Å². The molecular weight excluding hydrogens is 593 g/mol. The minimum atomic E-state index is -0.949. The second-order valence-corrected chi connectivity index (χ2v) is 10.8. The Balaban J connectivity index is 1.56. The fourth-order valence-electron chi connectivity index (χ4n) is 6.18. The second-order valence-electron chi connectivity index (χ2n) is 10.8. The molecule has 0 fully saturated rings. The Bertz CT molecular complexity index is 4290. The highest BCUT2D eigenvalue weighted by atomic mass is 16.3. The Morgan fingerprint density at radius 2 is 0.918 bits per heavy atom. The summed E-state index contributed by atoms with van der Waals surface area (Å²) in [5.41, 5.74) is -3.83. The third-order valence-corrected chi connectivity index (χ3v) is 8.21. The first kappa shape index (κ1) is 11.9. The Kier molecular flexibility index (Phi) is 2.69. The Morgan fingerprint density at radius 3 is 1.61 bits per heavy atom. The van der Waals surface area contributed by atoms with Crippen LogP contribution in [0.1, 0.15) is 37.0 Å². The summed E-state index contributed by atoms with van der Waals surface area (Å²) in [4.78, 5) is 0. The van der Waals surface area contributed by atoms with Crippen LogP contribution in [-0.2, 0) is 0 Å². The molecule has 0 aliphatic rings. The fraction of sp³-hybridized carbons (Fsp3) is 0. The maximum Gasteiger partial charge on any atom is 0.143 e. The Hall–Kier alpha value is -6.44. The van der Waals surface area contributed by atoms with Gasteiger partial charge < -0.3 is 4.42 Å². The number of benzene rings is 9. The summed E-state index contributed by atoms with van der Waals surface area (Å²) >= 11 is 0. The molecule has 10 aromatic rings. The highest BCUT2D eigenvalue weighted by molar-refractivity contribution is 6.25. The van der Waals surface area contributed by atoms with Crippen LogP contribution in [0.25, 0.3) is 98.8 Å². The SMILES string of the molecule is [2H]c1c([2H])c([2H])c(-c2ccc3c(-c4c5c([2H])c([2H])c([2H])c([2H])c5c(-c5c([2H])c([2H])c([2H])c([2H])c5[2H])c5c([2H])c([2H])c([2H])c([2H])c45)c(-c4c([2H])c([2H])c([2H])c5c4c([2H])c([2H])c4c([2H])c([2H])c([2H])c([2H])c45)oc3c2)c([2H])c1[2H]. The molecule has 0 N–H and O–H groups in total. The zero-order valence-corrected chi connectivity index (χ0v) is 24.6. The van der Waals surface area contributed by atoms with E-state index in [2.05, 4.69) is 0 Å². The molecule has 0 amide bonds. The third kappa shape index (κ3) is 4.33. The van der Waals surface area contributed by atoms with Gasteiger partial charge in [-0.2, -0.15) is 0 Å². The van der Waals surface area contributed by atoms with Gasteiger partial charge in [-0.15, -0.1) is 0 Å². The summed E-state index contributed by atoms with van der Waals surface area (Å²) in [6, 6.07) is -19.5. The summed E-state index contributed by atoms with van der Waals surface area (Å²) in [6.45, 7) is 0. The smallest absolute Gasteiger partial charge is 0.143 e. The van der Waals surface area contributed by atoms with Crippen LogP contribution in [0.2, 0.25) is 0 Å². The van der Waals surface area contributed by atoms with Crippen molar-refractivity contribution in [2.75, 3.05) is 0 Å². The van der Waals surface area contributed by atoms with E-state index in [0.29, 0.717) is 0 Å². The number of hydrogen-bond donors (Lipinski definition) is 0. The molecule has 1 aromatic heterocycles. The van der Waals surface area contributed by atoms with Gasteiger partial charge in [0, 0.05) is 22.1 Å². The van der Waals surface area contributed by atoms with E-state index in [1.165, 1.54) is 18.2 Å². The summed E-state index contributed by atoms with van der Waals surface area (Å²) in [5, 5.41) is -4.91.